The fourth-order valence-corrected chi connectivity index (χ4v) is 1.85. The van der Waals surface area contributed by atoms with Gasteiger partial charge in [0.2, 0.25) is 0 Å². The number of methoxy groups -OCH3 is 1. The van der Waals surface area contributed by atoms with E-state index in [-0.39, 0.29) is 13.2 Å². The van der Waals surface area contributed by atoms with Crippen LogP contribution >= 0.6 is 0 Å². The minimum absolute atomic E-state index is 0.200. The molecule has 0 radical (unpaired) electrons. The van der Waals surface area contributed by atoms with Gasteiger partial charge in [-0.3, -0.25) is 0 Å². The third kappa shape index (κ3) is 4.23. The molecule has 0 fully saturated rings. The third-order valence-corrected chi connectivity index (χ3v) is 2.73. The lowest BCUT2D eigenvalue weighted by Gasteiger charge is -2.10. The largest absolute Gasteiger partial charge is 0.493 e. The van der Waals surface area contributed by atoms with Crippen LogP contribution in [0.25, 0.3) is 0 Å². The van der Waals surface area contributed by atoms with E-state index in [0.29, 0.717) is 22.6 Å². The van der Waals surface area contributed by atoms with Gasteiger partial charge in [-0.1, -0.05) is 24.0 Å². The standard InChI is InChI=1S/C17H15FO3/c1-20-16-6-2-3-7-17(16)21-12-14-9-13(5-4-8-19)10-15(18)11-14/h2-3,6-7,9-11,19H,8,12H2,1H3. The molecule has 0 spiro atoms. The van der Waals surface area contributed by atoms with Gasteiger partial charge in [-0.05, 0) is 35.9 Å². The molecule has 3 nitrogen and oxygen atoms in total. The van der Waals surface area contributed by atoms with Crippen LogP contribution in [0.4, 0.5) is 4.39 Å². The highest BCUT2D eigenvalue weighted by Crippen LogP contribution is 2.26. The highest BCUT2D eigenvalue weighted by Gasteiger charge is 2.05. The molecule has 1 N–H and O–H groups in total. The lowest BCUT2D eigenvalue weighted by molar-refractivity contribution is 0.284. The summed E-state index contributed by atoms with van der Waals surface area (Å²) in [5.41, 5.74) is 1.16. The van der Waals surface area contributed by atoms with Crippen molar-refractivity contribution in [2.75, 3.05) is 13.7 Å². The van der Waals surface area contributed by atoms with Gasteiger partial charge in [-0.15, -0.1) is 0 Å². The molecule has 2 aromatic rings. The fourth-order valence-electron chi connectivity index (χ4n) is 1.85. The Balaban J connectivity index is 2.14. The van der Waals surface area contributed by atoms with Crippen LogP contribution < -0.4 is 9.47 Å². The van der Waals surface area contributed by atoms with Crippen molar-refractivity contribution in [1.82, 2.24) is 0 Å². The minimum Gasteiger partial charge on any atom is -0.493 e. The average molecular weight is 286 g/mol. The van der Waals surface area contributed by atoms with Gasteiger partial charge in [-0.25, -0.2) is 4.39 Å². The molecule has 0 aliphatic heterocycles. The summed E-state index contributed by atoms with van der Waals surface area (Å²) in [7, 11) is 1.56. The third-order valence-electron chi connectivity index (χ3n) is 2.73. The van der Waals surface area contributed by atoms with Crippen molar-refractivity contribution < 1.29 is 19.0 Å². The number of ether oxygens (including phenoxy) is 2. The zero-order chi connectivity index (χ0) is 15.1. The monoisotopic (exact) mass is 286 g/mol. The van der Waals surface area contributed by atoms with Gasteiger partial charge < -0.3 is 14.6 Å². The van der Waals surface area contributed by atoms with E-state index >= 15 is 0 Å². The molecule has 0 saturated carbocycles. The Morgan fingerprint density at radius 1 is 1.14 bits per heavy atom. The highest BCUT2D eigenvalue weighted by atomic mass is 19.1. The number of hydrogen-bond acceptors (Lipinski definition) is 3. The Morgan fingerprint density at radius 3 is 2.62 bits per heavy atom. The number of halogens is 1. The topological polar surface area (TPSA) is 38.7 Å². The quantitative estimate of drug-likeness (QED) is 0.878. The van der Waals surface area contributed by atoms with Gasteiger partial charge in [0.15, 0.2) is 11.5 Å². The fraction of sp³-hybridized carbons (Fsp3) is 0.176. The van der Waals surface area contributed by atoms with E-state index in [1.165, 1.54) is 12.1 Å². The molecule has 21 heavy (non-hydrogen) atoms. The molecule has 0 aliphatic carbocycles. The Bertz CT molecular complexity index is 671. The Labute approximate surface area is 122 Å². The summed E-state index contributed by atoms with van der Waals surface area (Å²) in [5.74, 6) is 5.98. The lowest BCUT2D eigenvalue weighted by atomic mass is 10.1. The molecule has 0 aromatic heterocycles. The van der Waals surface area contributed by atoms with Gasteiger partial charge >= 0.3 is 0 Å². The average Bonchev–Trinajstić information content (AvgIpc) is 2.50. The van der Waals surface area contributed by atoms with E-state index in [4.69, 9.17) is 14.6 Å². The molecular formula is C17H15FO3. The molecule has 4 heteroatoms. The first-order chi connectivity index (χ1) is 10.2. The van der Waals surface area contributed by atoms with Crippen LogP contribution in [0.2, 0.25) is 0 Å². The number of para-hydroxylation sites is 2. The van der Waals surface area contributed by atoms with Crippen molar-refractivity contribution >= 4 is 0 Å². The maximum atomic E-state index is 13.5. The summed E-state index contributed by atoms with van der Waals surface area (Å²) < 4.78 is 24.3. The van der Waals surface area contributed by atoms with Crippen molar-refractivity contribution in [2.24, 2.45) is 0 Å². The van der Waals surface area contributed by atoms with Crippen LogP contribution in [-0.4, -0.2) is 18.8 Å². The van der Waals surface area contributed by atoms with E-state index in [0.717, 1.165) is 0 Å². The Morgan fingerprint density at radius 2 is 1.90 bits per heavy atom. The van der Waals surface area contributed by atoms with E-state index in [1.54, 1.807) is 25.3 Å². The number of aliphatic hydroxyl groups excluding tert-OH is 1. The van der Waals surface area contributed by atoms with Crippen molar-refractivity contribution in [1.29, 1.82) is 0 Å². The van der Waals surface area contributed by atoms with E-state index < -0.39 is 5.82 Å². The van der Waals surface area contributed by atoms with Crippen LogP contribution in [-0.2, 0) is 6.61 Å². The van der Waals surface area contributed by atoms with Crippen LogP contribution in [0.15, 0.2) is 42.5 Å². The molecule has 0 bridgehead atoms. The number of hydrogen-bond donors (Lipinski definition) is 1. The van der Waals surface area contributed by atoms with Crippen LogP contribution in [0.1, 0.15) is 11.1 Å². The molecular weight excluding hydrogens is 271 g/mol. The lowest BCUT2D eigenvalue weighted by Crippen LogP contribution is -1.98. The second-order valence-electron chi connectivity index (χ2n) is 4.25. The zero-order valence-corrected chi connectivity index (χ0v) is 11.6. The molecule has 0 unspecified atom stereocenters. The molecule has 0 saturated heterocycles. The normalized spacial score (nSPS) is 9.67. The van der Waals surface area contributed by atoms with E-state index in [1.807, 2.05) is 12.1 Å². The van der Waals surface area contributed by atoms with Gasteiger partial charge in [0.25, 0.3) is 0 Å². The molecule has 2 rings (SSSR count). The van der Waals surface area contributed by atoms with Crippen LogP contribution in [0.3, 0.4) is 0 Å². The zero-order valence-electron chi connectivity index (χ0n) is 11.6. The van der Waals surface area contributed by atoms with Crippen LogP contribution in [0.5, 0.6) is 11.5 Å². The second-order valence-corrected chi connectivity index (χ2v) is 4.25. The molecule has 0 heterocycles. The van der Waals surface area contributed by atoms with Crippen molar-refractivity contribution in [3.63, 3.8) is 0 Å². The SMILES string of the molecule is COc1ccccc1OCc1cc(F)cc(C#CCO)c1. The van der Waals surface area contributed by atoms with Gasteiger partial charge in [-0.2, -0.15) is 0 Å². The van der Waals surface area contributed by atoms with Crippen molar-refractivity contribution in [2.45, 2.75) is 6.61 Å². The number of aliphatic hydroxyl groups is 1. The summed E-state index contributed by atoms with van der Waals surface area (Å²) in [5, 5.41) is 8.67. The maximum Gasteiger partial charge on any atom is 0.161 e. The summed E-state index contributed by atoms with van der Waals surface area (Å²) in [6, 6.07) is 11.7. The molecule has 0 atom stereocenters. The highest BCUT2D eigenvalue weighted by molar-refractivity contribution is 5.40. The predicted molar refractivity (Wildman–Crippen MR) is 77.7 cm³/mol. The maximum absolute atomic E-state index is 13.5. The predicted octanol–water partition coefficient (Wildman–Crippen LogP) is 2.76. The Kier molecular flexibility index (Phi) is 5.19. The molecule has 108 valence electrons. The van der Waals surface area contributed by atoms with Crippen molar-refractivity contribution in [3.05, 3.63) is 59.4 Å². The van der Waals surface area contributed by atoms with Gasteiger partial charge in [0.1, 0.15) is 19.0 Å². The van der Waals surface area contributed by atoms with E-state index in [9.17, 15) is 4.39 Å². The van der Waals surface area contributed by atoms with Gasteiger partial charge in [0, 0.05) is 5.56 Å². The van der Waals surface area contributed by atoms with Gasteiger partial charge in [0.05, 0.1) is 7.11 Å². The summed E-state index contributed by atoms with van der Waals surface area (Å²) in [6.45, 7) is -0.0600. The first kappa shape index (κ1) is 14.9. The van der Waals surface area contributed by atoms with Crippen molar-refractivity contribution in [3.8, 4) is 23.3 Å². The second kappa shape index (κ2) is 7.32. The smallest absolute Gasteiger partial charge is 0.161 e. The molecule has 0 amide bonds. The summed E-state index contributed by atoms with van der Waals surface area (Å²) >= 11 is 0. The Hall–Kier alpha value is -2.51. The molecule has 2 aromatic carbocycles. The summed E-state index contributed by atoms with van der Waals surface area (Å²) in [4.78, 5) is 0. The van der Waals surface area contributed by atoms with Crippen LogP contribution in [0, 0.1) is 17.7 Å². The number of rotatable bonds is 4. The molecule has 0 aliphatic rings. The minimum atomic E-state index is -0.390. The number of benzene rings is 2. The first-order valence-electron chi connectivity index (χ1n) is 6.38. The first-order valence-corrected chi connectivity index (χ1v) is 6.38. The summed E-state index contributed by atoms with van der Waals surface area (Å²) in [6.07, 6.45) is 0. The van der Waals surface area contributed by atoms with E-state index in [2.05, 4.69) is 11.8 Å².